The van der Waals surface area contributed by atoms with E-state index in [0.29, 0.717) is 30.0 Å². The molecule has 3 aromatic rings. The number of benzene rings is 3. The molecule has 34 heavy (non-hydrogen) atoms. The van der Waals surface area contributed by atoms with Gasteiger partial charge in [0.15, 0.2) is 0 Å². The topological polar surface area (TPSA) is 102 Å². The van der Waals surface area contributed by atoms with E-state index in [1.54, 1.807) is 18.2 Å². The Morgan fingerprint density at radius 1 is 0.912 bits per heavy atom. The minimum absolute atomic E-state index is 0.0988. The van der Waals surface area contributed by atoms with Crippen LogP contribution in [0.15, 0.2) is 84.6 Å². The van der Waals surface area contributed by atoms with Gasteiger partial charge in [-0.1, -0.05) is 42.5 Å². The molecule has 0 aliphatic carbocycles. The number of hydrogen-bond donors (Lipinski definition) is 1. The first-order valence-corrected chi connectivity index (χ1v) is 10.9. The van der Waals surface area contributed by atoms with Crippen molar-refractivity contribution in [1.82, 2.24) is 4.90 Å². The maximum Gasteiger partial charge on any atom is 0.278 e. The highest BCUT2D eigenvalue weighted by molar-refractivity contribution is 6.36. The molecule has 1 N–H and O–H groups in total. The van der Waals surface area contributed by atoms with E-state index in [9.17, 15) is 19.7 Å². The zero-order valence-corrected chi connectivity index (χ0v) is 18.6. The summed E-state index contributed by atoms with van der Waals surface area (Å²) in [5.41, 5.74) is 2.15. The monoisotopic (exact) mass is 457 g/mol. The molecule has 0 spiro atoms. The fourth-order valence-corrected chi connectivity index (χ4v) is 3.78. The number of nitro groups is 1. The summed E-state index contributed by atoms with van der Waals surface area (Å²) in [6.07, 6.45) is 0.509. The SMILES string of the molecule is CCOc1ccccc1NC1=C(c2ccc([N+](=O)[O-])cc2)C(=O)N(CCc2ccccc2)C1=O. The number of imide groups is 1. The molecule has 0 bridgehead atoms. The van der Waals surface area contributed by atoms with E-state index in [1.807, 2.05) is 43.3 Å². The van der Waals surface area contributed by atoms with Gasteiger partial charge in [-0.05, 0) is 48.7 Å². The molecule has 0 atom stereocenters. The van der Waals surface area contributed by atoms with Crippen molar-refractivity contribution in [1.29, 1.82) is 0 Å². The standard InChI is InChI=1S/C26H23N3O5/c1-2-34-22-11-7-6-10-21(22)27-24-23(19-12-14-20(15-13-19)29(32)33)25(30)28(26(24)31)17-16-18-8-4-3-5-9-18/h3-15,27H,2,16-17H2,1H3. The minimum atomic E-state index is -0.510. The summed E-state index contributed by atoms with van der Waals surface area (Å²) < 4.78 is 5.65. The molecule has 0 fully saturated rings. The van der Waals surface area contributed by atoms with E-state index in [-0.39, 0.29) is 23.5 Å². The van der Waals surface area contributed by atoms with E-state index < -0.39 is 16.7 Å². The highest BCUT2D eigenvalue weighted by Gasteiger charge is 2.39. The molecule has 0 aromatic heterocycles. The fourth-order valence-electron chi connectivity index (χ4n) is 3.78. The summed E-state index contributed by atoms with van der Waals surface area (Å²) in [7, 11) is 0. The Balaban J connectivity index is 1.71. The third kappa shape index (κ3) is 4.66. The molecule has 8 nitrogen and oxygen atoms in total. The molecule has 2 amide bonds. The molecule has 1 aliphatic rings. The maximum atomic E-state index is 13.4. The Labute approximate surface area is 196 Å². The Morgan fingerprint density at radius 3 is 2.26 bits per heavy atom. The largest absolute Gasteiger partial charge is 0.492 e. The van der Waals surface area contributed by atoms with Crippen LogP contribution in [0.3, 0.4) is 0 Å². The number of rotatable bonds is 9. The van der Waals surface area contributed by atoms with Crippen molar-refractivity contribution in [3.05, 3.63) is 106 Å². The van der Waals surface area contributed by atoms with Crippen molar-refractivity contribution < 1.29 is 19.2 Å². The van der Waals surface area contributed by atoms with Crippen LogP contribution < -0.4 is 10.1 Å². The Morgan fingerprint density at radius 2 is 1.59 bits per heavy atom. The lowest BCUT2D eigenvalue weighted by Gasteiger charge is -2.16. The lowest BCUT2D eigenvalue weighted by Crippen LogP contribution is -2.34. The zero-order valence-electron chi connectivity index (χ0n) is 18.6. The number of non-ortho nitro benzene ring substituents is 1. The van der Waals surface area contributed by atoms with Crippen LogP contribution in [-0.4, -0.2) is 34.8 Å². The van der Waals surface area contributed by atoms with E-state index in [0.717, 1.165) is 5.56 Å². The molecule has 0 saturated carbocycles. The van der Waals surface area contributed by atoms with Gasteiger partial charge in [0.25, 0.3) is 17.5 Å². The van der Waals surface area contributed by atoms with Gasteiger partial charge >= 0.3 is 0 Å². The van der Waals surface area contributed by atoms with Gasteiger partial charge in [-0.15, -0.1) is 0 Å². The summed E-state index contributed by atoms with van der Waals surface area (Å²) in [6, 6.07) is 22.3. The van der Waals surface area contributed by atoms with Crippen molar-refractivity contribution >= 4 is 28.8 Å². The molecule has 8 heteroatoms. The first-order valence-electron chi connectivity index (χ1n) is 10.9. The van der Waals surface area contributed by atoms with Gasteiger partial charge in [0.05, 0.1) is 22.8 Å². The van der Waals surface area contributed by atoms with Gasteiger partial charge in [-0.3, -0.25) is 24.6 Å². The Bertz CT molecular complexity index is 1250. The summed E-state index contributed by atoms with van der Waals surface area (Å²) in [6.45, 7) is 2.49. The summed E-state index contributed by atoms with van der Waals surface area (Å²) in [4.78, 5) is 38.6. The lowest BCUT2D eigenvalue weighted by molar-refractivity contribution is -0.384. The van der Waals surface area contributed by atoms with E-state index in [2.05, 4.69) is 5.32 Å². The number of amides is 2. The Hall–Kier alpha value is -4.46. The average Bonchev–Trinajstić information content (AvgIpc) is 3.08. The van der Waals surface area contributed by atoms with Gasteiger partial charge < -0.3 is 10.1 Å². The van der Waals surface area contributed by atoms with Crippen molar-refractivity contribution in [2.75, 3.05) is 18.5 Å². The fraction of sp³-hybridized carbons (Fsp3) is 0.154. The Kier molecular flexibility index (Phi) is 6.68. The first kappa shape index (κ1) is 22.7. The van der Waals surface area contributed by atoms with Crippen LogP contribution in [-0.2, 0) is 16.0 Å². The smallest absolute Gasteiger partial charge is 0.278 e. The number of carbonyl (C=O) groups is 2. The number of nitrogens with zero attached hydrogens (tertiary/aromatic N) is 2. The summed E-state index contributed by atoms with van der Waals surface area (Å²) in [5, 5.41) is 14.2. The minimum Gasteiger partial charge on any atom is -0.492 e. The molecule has 1 aliphatic heterocycles. The summed E-state index contributed by atoms with van der Waals surface area (Å²) >= 11 is 0. The van der Waals surface area contributed by atoms with E-state index >= 15 is 0 Å². The average molecular weight is 457 g/mol. The van der Waals surface area contributed by atoms with Crippen molar-refractivity contribution in [2.45, 2.75) is 13.3 Å². The van der Waals surface area contributed by atoms with Gasteiger partial charge in [-0.2, -0.15) is 0 Å². The second kappa shape index (κ2) is 9.99. The second-order valence-electron chi connectivity index (χ2n) is 7.61. The summed E-state index contributed by atoms with van der Waals surface area (Å²) in [5.74, 6) is -0.365. The van der Waals surface area contributed by atoms with Crippen molar-refractivity contribution in [3.8, 4) is 5.75 Å². The molecule has 4 rings (SSSR count). The number of nitro benzene ring substituents is 1. The van der Waals surface area contributed by atoms with E-state index in [1.165, 1.54) is 29.2 Å². The molecule has 0 unspecified atom stereocenters. The number of carbonyl (C=O) groups excluding carboxylic acids is 2. The number of nitrogens with one attached hydrogen (secondary N) is 1. The number of anilines is 1. The zero-order chi connectivity index (χ0) is 24.1. The van der Waals surface area contributed by atoms with Crippen LogP contribution in [0, 0.1) is 10.1 Å². The number of para-hydroxylation sites is 2. The molecule has 0 radical (unpaired) electrons. The van der Waals surface area contributed by atoms with Crippen LogP contribution in [0.1, 0.15) is 18.1 Å². The predicted octanol–water partition coefficient (Wildman–Crippen LogP) is 4.43. The molecule has 0 saturated heterocycles. The van der Waals surface area contributed by atoms with Crippen LogP contribution in [0.4, 0.5) is 11.4 Å². The van der Waals surface area contributed by atoms with Crippen LogP contribution in [0.2, 0.25) is 0 Å². The van der Waals surface area contributed by atoms with Gasteiger partial charge in [-0.25, -0.2) is 0 Å². The normalized spacial score (nSPS) is 13.4. The van der Waals surface area contributed by atoms with Crippen LogP contribution >= 0.6 is 0 Å². The quantitative estimate of drug-likeness (QED) is 0.290. The third-order valence-corrected chi connectivity index (χ3v) is 5.45. The van der Waals surface area contributed by atoms with Crippen LogP contribution in [0.5, 0.6) is 5.75 Å². The third-order valence-electron chi connectivity index (χ3n) is 5.45. The molecular formula is C26H23N3O5. The van der Waals surface area contributed by atoms with Crippen molar-refractivity contribution in [2.24, 2.45) is 0 Å². The second-order valence-corrected chi connectivity index (χ2v) is 7.61. The molecular weight excluding hydrogens is 434 g/mol. The van der Waals surface area contributed by atoms with E-state index in [4.69, 9.17) is 4.74 Å². The van der Waals surface area contributed by atoms with Gasteiger partial charge in [0, 0.05) is 18.7 Å². The number of ether oxygens (including phenoxy) is 1. The van der Waals surface area contributed by atoms with Gasteiger partial charge in [0.2, 0.25) is 0 Å². The molecule has 3 aromatic carbocycles. The highest BCUT2D eigenvalue weighted by Crippen LogP contribution is 2.34. The number of hydrogen-bond acceptors (Lipinski definition) is 6. The first-order chi connectivity index (χ1) is 16.5. The predicted molar refractivity (Wildman–Crippen MR) is 128 cm³/mol. The van der Waals surface area contributed by atoms with Gasteiger partial charge in [0.1, 0.15) is 11.4 Å². The lowest BCUT2D eigenvalue weighted by atomic mass is 10.0. The van der Waals surface area contributed by atoms with Crippen LogP contribution in [0.25, 0.3) is 5.57 Å². The molecule has 172 valence electrons. The van der Waals surface area contributed by atoms with Crippen molar-refractivity contribution in [3.63, 3.8) is 0 Å². The molecule has 1 heterocycles. The highest BCUT2D eigenvalue weighted by atomic mass is 16.6. The maximum absolute atomic E-state index is 13.4.